The lowest BCUT2D eigenvalue weighted by Crippen LogP contribution is -2.27. The van der Waals surface area contributed by atoms with Gasteiger partial charge in [-0.25, -0.2) is 0 Å². The van der Waals surface area contributed by atoms with Crippen LogP contribution < -0.4 is 0 Å². The van der Waals surface area contributed by atoms with Crippen LogP contribution in [0.25, 0.3) is 10.9 Å². The number of nitrogens with zero attached hydrogens (tertiary/aromatic N) is 1. The highest BCUT2D eigenvalue weighted by Gasteiger charge is 2.28. The number of aromatic nitrogens is 1. The van der Waals surface area contributed by atoms with Crippen LogP contribution in [0.15, 0.2) is 24.3 Å². The van der Waals surface area contributed by atoms with Gasteiger partial charge in [-0.15, -0.1) is 0 Å². The van der Waals surface area contributed by atoms with E-state index in [0.29, 0.717) is 12.8 Å². The highest BCUT2D eigenvalue weighted by molar-refractivity contribution is 5.95. The fraction of sp³-hybridized carbons (Fsp3) is 0.412. The highest BCUT2D eigenvalue weighted by Crippen LogP contribution is 2.27. The van der Waals surface area contributed by atoms with Gasteiger partial charge in [0.1, 0.15) is 0 Å². The molecule has 0 saturated carbocycles. The number of rotatable bonds is 5. The van der Waals surface area contributed by atoms with Gasteiger partial charge >= 0.3 is 11.9 Å². The lowest BCUT2D eigenvalue weighted by molar-refractivity contribution is -0.159. The van der Waals surface area contributed by atoms with Gasteiger partial charge in [0.25, 0.3) is 0 Å². The van der Waals surface area contributed by atoms with E-state index < -0.39 is 17.9 Å². The van der Waals surface area contributed by atoms with Gasteiger partial charge in [0.05, 0.1) is 14.2 Å². The van der Waals surface area contributed by atoms with Crippen LogP contribution in [0.3, 0.4) is 0 Å². The number of fused-ring (bicyclic) bond motifs is 1. The molecule has 5 nitrogen and oxygen atoms in total. The molecule has 0 amide bonds. The first-order valence-corrected chi connectivity index (χ1v) is 7.19. The Balaban J connectivity index is 2.29. The van der Waals surface area contributed by atoms with Crippen molar-refractivity contribution in [3.05, 3.63) is 35.5 Å². The molecule has 0 saturated heterocycles. The third-order valence-electron chi connectivity index (χ3n) is 4.18. The van der Waals surface area contributed by atoms with Gasteiger partial charge in [0.2, 0.25) is 0 Å². The summed E-state index contributed by atoms with van der Waals surface area (Å²) in [4.78, 5) is 23.5. The maximum atomic E-state index is 11.8. The second kappa shape index (κ2) is 6.64. The summed E-state index contributed by atoms with van der Waals surface area (Å²) in [6.07, 6.45) is 0.982. The molecule has 5 heteroatoms. The largest absolute Gasteiger partial charge is 0.468 e. The van der Waals surface area contributed by atoms with Crippen LogP contribution in [0.2, 0.25) is 0 Å². The zero-order valence-corrected chi connectivity index (χ0v) is 13.4. The van der Waals surface area contributed by atoms with E-state index in [4.69, 9.17) is 9.47 Å². The monoisotopic (exact) mass is 303 g/mol. The molecule has 0 bridgehead atoms. The van der Waals surface area contributed by atoms with Crippen LogP contribution in [0.5, 0.6) is 0 Å². The highest BCUT2D eigenvalue weighted by atomic mass is 16.5. The molecule has 0 fully saturated rings. The fourth-order valence-corrected chi connectivity index (χ4v) is 2.82. The first-order chi connectivity index (χ1) is 10.5. The second-order valence-corrected chi connectivity index (χ2v) is 5.28. The number of carbonyl (C=O) groups is 2. The first kappa shape index (κ1) is 16.1. The molecule has 0 aliphatic heterocycles. The first-order valence-electron chi connectivity index (χ1n) is 7.19. The maximum Gasteiger partial charge on any atom is 0.320 e. The van der Waals surface area contributed by atoms with Crippen molar-refractivity contribution in [2.24, 2.45) is 13.0 Å². The van der Waals surface area contributed by atoms with Crippen molar-refractivity contribution in [2.75, 3.05) is 14.2 Å². The van der Waals surface area contributed by atoms with E-state index in [2.05, 4.69) is 16.7 Å². The summed E-state index contributed by atoms with van der Waals surface area (Å²) in [7, 11) is 4.57. The predicted octanol–water partition coefficient (Wildman–Crippen LogP) is 2.38. The molecule has 2 rings (SSSR count). The Morgan fingerprint density at radius 1 is 1.14 bits per heavy atom. The summed E-state index contributed by atoms with van der Waals surface area (Å²) in [5.41, 5.74) is 3.42. The van der Waals surface area contributed by atoms with E-state index in [1.165, 1.54) is 14.2 Å². The fourth-order valence-electron chi connectivity index (χ4n) is 2.82. The zero-order valence-electron chi connectivity index (χ0n) is 13.4. The maximum absolute atomic E-state index is 11.8. The number of ether oxygens (including phenoxy) is 2. The molecule has 0 radical (unpaired) electrons. The van der Waals surface area contributed by atoms with Crippen molar-refractivity contribution >= 4 is 22.8 Å². The number of benzene rings is 1. The molecule has 1 heterocycles. The molecular formula is C17H21NO4. The molecule has 2 aromatic rings. The van der Waals surface area contributed by atoms with Crippen LogP contribution >= 0.6 is 0 Å². The molecule has 22 heavy (non-hydrogen) atoms. The smallest absolute Gasteiger partial charge is 0.320 e. The van der Waals surface area contributed by atoms with E-state index in [1.807, 2.05) is 26.1 Å². The van der Waals surface area contributed by atoms with Crippen molar-refractivity contribution in [1.29, 1.82) is 0 Å². The van der Waals surface area contributed by atoms with Crippen molar-refractivity contribution in [3.63, 3.8) is 0 Å². The van der Waals surface area contributed by atoms with Gasteiger partial charge in [-0.2, -0.15) is 0 Å². The number of carbonyl (C=O) groups excluding carboxylic acids is 2. The van der Waals surface area contributed by atoms with Crippen molar-refractivity contribution in [3.8, 4) is 0 Å². The van der Waals surface area contributed by atoms with E-state index >= 15 is 0 Å². The summed E-state index contributed by atoms with van der Waals surface area (Å²) in [5, 5.41) is 1.15. The van der Waals surface area contributed by atoms with Gasteiger partial charge in [-0.3, -0.25) is 9.59 Å². The Bertz CT molecular complexity index is 686. The molecule has 0 spiro atoms. The van der Waals surface area contributed by atoms with Crippen molar-refractivity contribution in [2.45, 2.75) is 19.8 Å². The van der Waals surface area contributed by atoms with Crippen LogP contribution in [-0.4, -0.2) is 30.7 Å². The Morgan fingerprint density at radius 2 is 1.73 bits per heavy atom. The summed E-state index contributed by atoms with van der Waals surface area (Å²) in [6, 6.07) is 8.10. The van der Waals surface area contributed by atoms with Crippen LogP contribution in [-0.2, 0) is 32.5 Å². The standard InChI is InChI=1S/C17H21NO4/c1-11-12(13-7-5-6-8-15(13)18(11)2)9-10-14(16(19)21-3)17(20)22-4/h5-8,14H,9-10H2,1-4H3. The van der Waals surface area contributed by atoms with Crippen LogP contribution in [0.4, 0.5) is 0 Å². The van der Waals surface area contributed by atoms with E-state index in [0.717, 1.165) is 22.2 Å². The summed E-state index contributed by atoms with van der Waals surface area (Å²) in [6.45, 7) is 2.04. The summed E-state index contributed by atoms with van der Waals surface area (Å²) < 4.78 is 11.5. The summed E-state index contributed by atoms with van der Waals surface area (Å²) in [5.74, 6) is -1.98. The number of para-hydroxylation sites is 1. The minimum Gasteiger partial charge on any atom is -0.468 e. The number of esters is 2. The van der Waals surface area contributed by atoms with Crippen LogP contribution in [0.1, 0.15) is 17.7 Å². The minimum atomic E-state index is -0.881. The molecule has 0 aliphatic rings. The lowest BCUT2D eigenvalue weighted by atomic mass is 9.98. The third-order valence-corrected chi connectivity index (χ3v) is 4.18. The SMILES string of the molecule is COC(=O)C(CCc1c(C)n(C)c2ccccc12)C(=O)OC. The molecular weight excluding hydrogens is 282 g/mol. The molecule has 0 atom stereocenters. The Hall–Kier alpha value is -2.30. The van der Waals surface area contributed by atoms with Gasteiger partial charge < -0.3 is 14.0 Å². The minimum absolute atomic E-state index is 0.369. The van der Waals surface area contributed by atoms with Crippen LogP contribution in [0, 0.1) is 12.8 Å². The molecule has 1 aromatic heterocycles. The number of aryl methyl sites for hydroxylation is 2. The number of hydrogen-bond acceptors (Lipinski definition) is 4. The molecule has 0 unspecified atom stereocenters. The topological polar surface area (TPSA) is 57.5 Å². The molecule has 1 aromatic carbocycles. The quantitative estimate of drug-likeness (QED) is 0.628. The Morgan fingerprint density at radius 3 is 2.32 bits per heavy atom. The normalized spacial score (nSPS) is 11.0. The Labute approximate surface area is 129 Å². The third kappa shape index (κ3) is 2.84. The zero-order chi connectivity index (χ0) is 16.3. The predicted molar refractivity (Wildman–Crippen MR) is 83.5 cm³/mol. The van der Waals surface area contributed by atoms with Gasteiger partial charge in [0.15, 0.2) is 5.92 Å². The van der Waals surface area contributed by atoms with Crippen molar-refractivity contribution in [1.82, 2.24) is 4.57 Å². The number of hydrogen-bond donors (Lipinski definition) is 0. The second-order valence-electron chi connectivity index (χ2n) is 5.28. The molecule has 0 N–H and O–H groups in total. The molecule has 0 aliphatic carbocycles. The van der Waals surface area contributed by atoms with E-state index in [9.17, 15) is 9.59 Å². The van der Waals surface area contributed by atoms with E-state index in [1.54, 1.807) is 0 Å². The van der Waals surface area contributed by atoms with Gasteiger partial charge in [-0.1, -0.05) is 18.2 Å². The van der Waals surface area contributed by atoms with Gasteiger partial charge in [0, 0.05) is 23.6 Å². The van der Waals surface area contributed by atoms with Gasteiger partial charge in [-0.05, 0) is 31.4 Å². The van der Waals surface area contributed by atoms with E-state index in [-0.39, 0.29) is 0 Å². The van der Waals surface area contributed by atoms with Crippen molar-refractivity contribution < 1.29 is 19.1 Å². The average molecular weight is 303 g/mol. The number of methoxy groups -OCH3 is 2. The molecule has 118 valence electrons. The lowest BCUT2D eigenvalue weighted by Gasteiger charge is -2.12. The summed E-state index contributed by atoms with van der Waals surface area (Å²) >= 11 is 0. The average Bonchev–Trinajstić information content (AvgIpc) is 2.79. The Kier molecular flexibility index (Phi) is 4.85.